The van der Waals surface area contributed by atoms with E-state index in [4.69, 9.17) is 0 Å². The Morgan fingerprint density at radius 2 is 1.97 bits per heavy atom. The number of aromatic amines is 1. The molecule has 33 heavy (non-hydrogen) atoms. The maximum Gasteiger partial charge on any atom is 0.325 e. The number of benzene rings is 1. The van der Waals surface area contributed by atoms with Gasteiger partial charge in [0.05, 0.1) is 17.9 Å². The SMILES string of the molecule is CCC(NC(=O)CN1C(=O)NC2(CC(C)CC(C)(C)C2)C1=O)c1ncc(-c2ccccc2)[nH]1. The molecule has 3 atom stereocenters. The molecule has 1 aliphatic heterocycles. The van der Waals surface area contributed by atoms with Gasteiger partial charge in [0.25, 0.3) is 5.91 Å². The van der Waals surface area contributed by atoms with Crippen molar-refractivity contribution in [3.05, 3.63) is 42.4 Å². The van der Waals surface area contributed by atoms with E-state index in [1.165, 1.54) is 0 Å². The lowest BCUT2D eigenvalue weighted by molar-refractivity contribution is -0.137. The molecule has 176 valence electrons. The third-order valence-corrected chi connectivity index (χ3v) is 6.68. The minimum atomic E-state index is -0.908. The summed E-state index contributed by atoms with van der Waals surface area (Å²) in [6.45, 7) is 8.00. The number of nitrogens with zero attached hydrogens (tertiary/aromatic N) is 2. The van der Waals surface area contributed by atoms with Crippen LogP contribution in [0, 0.1) is 11.3 Å². The minimum Gasteiger partial charge on any atom is -0.345 e. The second-order valence-corrected chi connectivity index (χ2v) is 10.3. The van der Waals surface area contributed by atoms with Gasteiger partial charge in [-0.05, 0) is 42.6 Å². The fourth-order valence-corrected chi connectivity index (χ4v) is 5.68. The minimum absolute atomic E-state index is 0.0536. The Labute approximate surface area is 194 Å². The van der Waals surface area contributed by atoms with E-state index in [2.05, 4.69) is 41.4 Å². The van der Waals surface area contributed by atoms with E-state index >= 15 is 0 Å². The first-order chi connectivity index (χ1) is 15.6. The number of urea groups is 1. The molecule has 1 saturated heterocycles. The number of rotatable bonds is 6. The molecule has 2 aromatic rings. The summed E-state index contributed by atoms with van der Waals surface area (Å²) in [5.41, 5.74) is 0.908. The smallest absolute Gasteiger partial charge is 0.325 e. The maximum absolute atomic E-state index is 13.3. The highest BCUT2D eigenvalue weighted by molar-refractivity contribution is 6.09. The zero-order valence-corrected chi connectivity index (χ0v) is 19.8. The first-order valence-corrected chi connectivity index (χ1v) is 11.7. The van der Waals surface area contributed by atoms with Crippen molar-refractivity contribution in [2.75, 3.05) is 6.54 Å². The van der Waals surface area contributed by atoms with Gasteiger partial charge in [-0.2, -0.15) is 0 Å². The molecule has 3 N–H and O–H groups in total. The summed E-state index contributed by atoms with van der Waals surface area (Å²) in [5, 5.41) is 5.85. The summed E-state index contributed by atoms with van der Waals surface area (Å²) in [6.07, 6.45) is 4.55. The molecule has 8 heteroatoms. The molecule has 1 aromatic heterocycles. The summed E-state index contributed by atoms with van der Waals surface area (Å²) >= 11 is 0. The largest absolute Gasteiger partial charge is 0.345 e. The van der Waals surface area contributed by atoms with Gasteiger partial charge in [0.15, 0.2) is 0 Å². The third kappa shape index (κ3) is 4.65. The van der Waals surface area contributed by atoms with Crippen LogP contribution in [0.5, 0.6) is 0 Å². The number of imidazole rings is 1. The average Bonchev–Trinajstić information content (AvgIpc) is 3.31. The van der Waals surface area contributed by atoms with Crippen LogP contribution in [0.2, 0.25) is 0 Å². The predicted molar refractivity (Wildman–Crippen MR) is 125 cm³/mol. The second-order valence-electron chi connectivity index (χ2n) is 10.3. The molecule has 3 unspecified atom stereocenters. The number of nitrogens with one attached hydrogen (secondary N) is 3. The highest BCUT2D eigenvalue weighted by Gasteiger charge is 2.56. The van der Waals surface area contributed by atoms with Crippen LogP contribution < -0.4 is 10.6 Å². The standard InChI is InChI=1S/C25H33N5O3/c1-5-18(21-26-13-19(28-21)17-9-7-6-8-10-17)27-20(31)14-30-22(32)25(29-23(30)33)12-16(2)11-24(3,4)15-25/h6-10,13,16,18H,5,11-12,14-15H2,1-4H3,(H,26,28)(H,27,31)(H,29,33). The van der Waals surface area contributed by atoms with Gasteiger partial charge in [0.1, 0.15) is 17.9 Å². The molecule has 1 saturated carbocycles. The predicted octanol–water partition coefficient (Wildman–Crippen LogP) is 3.78. The summed E-state index contributed by atoms with van der Waals surface area (Å²) in [5.74, 6) is 0.276. The number of carbonyl (C=O) groups is 3. The van der Waals surface area contributed by atoms with Gasteiger partial charge >= 0.3 is 6.03 Å². The van der Waals surface area contributed by atoms with Crippen molar-refractivity contribution in [1.29, 1.82) is 0 Å². The molecule has 0 bridgehead atoms. The maximum atomic E-state index is 13.3. The molecule has 2 fully saturated rings. The van der Waals surface area contributed by atoms with Gasteiger partial charge < -0.3 is 15.6 Å². The van der Waals surface area contributed by atoms with Crippen molar-refractivity contribution >= 4 is 17.8 Å². The fraction of sp³-hybridized carbons (Fsp3) is 0.520. The molecule has 4 amide bonds. The van der Waals surface area contributed by atoms with Gasteiger partial charge in [0.2, 0.25) is 5.91 Å². The van der Waals surface area contributed by atoms with E-state index in [0.717, 1.165) is 22.6 Å². The second kappa shape index (κ2) is 8.65. The molecular weight excluding hydrogens is 418 g/mol. The topological polar surface area (TPSA) is 107 Å². The van der Waals surface area contributed by atoms with Gasteiger partial charge in [-0.1, -0.05) is 58.0 Å². The number of H-pyrrole nitrogens is 1. The summed E-state index contributed by atoms with van der Waals surface area (Å²) in [7, 11) is 0. The zero-order valence-electron chi connectivity index (χ0n) is 19.8. The van der Waals surface area contributed by atoms with Gasteiger partial charge in [-0.3, -0.25) is 14.5 Å². The van der Waals surface area contributed by atoms with Crippen LogP contribution in [-0.2, 0) is 9.59 Å². The van der Waals surface area contributed by atoms with Gasteiger partial charge in [-0.15, -0.1) is 0 Å². The number of amides is 4. The first kappa shape index (κ1) is 23.0. The molecule has 2 heterocycles. The Hall–Kier alpha value is -3.16. The van der Waals surface area contributed by atoms with Crippen molar-refractivity contribution in [3.63, 3.8) is 0 Å². The number of carbonyl (C=O) groups excluding carboxylic acids is 3. The van der Waals surface area contributed by atoms with Gasteiger partial charge in [0, 0.05) is 0 Å². The Kier molecular flexibility index (Phi) is 6.03. The lowest BCUT2D eigenvalue weighted by Crippen LogP contribution is -2.54. The van der Waals surface area contributed by atoms with Gasteiger partial charge in [-0.25, -0.2) is 9.78 Å². The Balaban J connectivity index is 1.43. The lowest BCUT2D eigenvalue weighted by atomic mass is 9.64. The van der Waals surface area contributed by atoms with Crippen LogP contribution in [0.3, 0.4) is 0 Å². The van der Waals surface area contributed by atoms with Crippen LogP contribution >= 0.6 is 0 Å². The van der Waals surface area contributed by atoms with Crippen LogP contribution in [0.15, 0.2) is 36.5 Å². The van der Waals surface area contributed by atoms with E-state index < -0.39 is 11.6 Å². The molecule has 2 aliphatic rings. The number of hydrogen-bond acceptors (Lipinski definition) is 4. The average molecular weight is 452 g/mol. The van der Waals surface area contributed by atoms with Crippen molar-refractivity contribution < 1.29 is 14.4 Å². The van der Waals surface area contributed by atoms with Crippen LogP contribution in [0.25, 0.3) is 11.3 Å². The van der Waals surface area contributed by atoms with E-state index in [-0.39, 0.29) is 29.8 Å². The number of imide groups is 1. The molecule has 1 spiro atoms. The molecular formula is C25H33N5O3. The summed E-state index contributed by atoms with van der Waals surface area (Å²) in [6, 6.07) is 8.98. The zero-order chi connectivity index (χ0) is 23.8. The summed E-state index contributed by atoms with van der Waals surface area (Å²) in [4.78, 5) is 47.6. The van der Waals surface area contributed by atoms with Crippen LogP contribution in [0.1, 0.15) is 65.2 Å². The third-order valence-electron chi connectivity index (χ3n) is 6.68. The molecule has 4 rings (SSSR count). The van der Waals surface area contributed by atoms with Crippen molar-refractivity contribution in [1.82, 2.24) is 25.5 Å². The molecule has 8 nitrogen and oxygen atoms in total. The van der Waals surface area contributed by atoms with Crippen molar-refractivity contribution in [2.24, 2.45) is 11.3 Å². The normalized spacial score (nSPS) is 25.2. The highest BCUT2D eigenvalue weighted by Crippen LogP contribution is 2.46. The first-order valence-electron chi connectivity index (χ1n) is 11.7. The number of aromatic nitrogens is 2. The Morgan fingerprint density at radius 3 is 2.64 bits per heavy atom. The molecule has 1 aliphatic carbocycles. The monoisotopic (exact) mass is 451 g/mol. The van der Waals surface area contributed by atoms with E-state index in [0.29, 0.717) is 31.0 Å². The van der Waals surface area contributed by atoms with E-state index in [9.17, 15) is 14.4 Å². The molecule has 0 radical (unpaired) electrons. The summed E-state index contributed by atoms with van der Waals surface area (Å²) < 4.78 is 0. The van der Waals surface area contributed by atoms with Crippen molar-refractivity contribution in [2.45, 2.75) is 65.0 Å². The quantitative estimate of drug-likeness (QED) is 0.581. The van der Waals surface area contributed by atoms with E-state index in [1.54, 1.807) is 6.20 Å². The highest BCUT2D eigenvalue weighted by atomic mass is 16.2. The van der Waals surface area contributed by atoms with Crippen LogP contribution in [0.4, 0.5) is 4.79 Å². The van der Waals surface area contributed by atoms with Crippen LogP contribution in [-0.4, -0.2) is 44.8 Å². The molecule has 1 aromatic carbocycles. The van der Waals surface area contributed by atoms with E-state index in [1.807, 2.05) is 37.3 Å². The fourth-order valence-electron chi connectivity index (χ4n) is 5.68. The lowest BCUT2D eigenvalue weighted by Gasteiger charge is -2.43. The Bertz CT molecular complexity index is 1050. The number of hydrogen-bond donors (Lipinski definition) is 3. The van der Waals surface area contributed by atoms with Crippen molar-refractivity contribution in [3.8, 4) is 11.3 Å². The Morgan fingerprint density at radius 1 is 1.24 bits per heavy atom.